The Hall–Kier alpha value is -4.41. The number of allylic oxidation sites excluding steroid dienone is 1. The molecule has 0 bridgehead atoms. The van der Waals surface area contributed by atoms with Gasteiger partial charge in [-0.2, -0.15) is 0 Å². The Balaban J connectivity index is 0.811. The highest BCUT2D eigenvalue weighted by Gasteiger charge is 2.74. The zero-order valence-corrected chi connectivity index (χ0v) is 63.3. The van der Waals surface area contributed by atoms with E-state index in [1.165, 1.54) is 41.1 Å². The van der Waals surface area contributed by atoms with E-state index in [0.29, 0.717) is 42.7 Å². The number of aliphatic carboxylic acids is 1. The number of carbonyl (C=O) groups is 3. The quantitative estimate of drug-likeness (QED) is 0.0243. The Labute approximate surface area is 640 Å². The molecular weight excluding hydrogens is 1480 g/mol. The maximum atomic E-state index is 16.1. The minimum atomic E-state index is -2.16. The van der Waals surface area contributed by atoms with Crippen molar-refractivity contribution in [1.29, 1.82) is 0 Å². The molecule has 0 spiro atoms. The maximum absolute atomic E-state index is 16.1. The van der Waals surface area contributed by atoms with Gasteiger partial charge in [0.25, 0.3) is 0 Å². The second-order valence-electron chi connectivity index (χ2n) is 33.7. The third-order valence-electron chi connectivity index (χ3n) is 26.9. The number of carboxylic acid groups (broad SMARTS) is 1. The van der Waals surface area contributed by atoms with Crippen LogP contribution in [0, 0.1) is 50.2 Å². The van der Waals surface area contributed by atoms with E-state index in [2.05, 4.69) is 20.8 Å². The molecule has 0 radical (unpaired) electrons. The summed E-state index contributed by atoms with van der Waals surface area (Å²) in [6.07, 6.45) is -46.0. The first-order valence-electron chi connectivity index (χ1n) is 38.1. The molecule has 4 saturated carbocycles. The number of hydrogen-bond acceptors (Lipinski definition) is 35. The molecule has 18 N–H and O–H groups in total. The van der Waals surface area contributed by atoms with Crippen molar-refractivity contribution in [2.75, 3.05) is 47.3 Å². The number of carboxylic acids is 1. The average Bonchev–Trinajstić information content (AvgIpc) is 0.668. The van der Waals surface area contributed by atoms with Gasteiger partial charge in [-0.3, -0.25) is 9.59 Å². The molecule has 6 aliphatic heterocycles. The van der Waals surface area contributed by atoms with Crippen LogP contribution in [0.2, 0.25) is 0 Å². The molecule has 6 saturated heterocycles. The van der Waals surface area contributed by atoms with Gasteiger partial charge in [0.2, 0.25) is 6.29 Å². The van der Waals surface area contributed by atoms with E-state index >= 15 is 4.79 Å². The van der Waals surface area contributed by atoms with Crippen LogP contribution in [0.3, 0.4) is 0 Å². The molecule has 10 fully saturated rings. The normalized spacial score (nSPS) is 49.2. The fraction of sp³-hybridized carbons (Fsp3) is 0.827. The van der Waals surface area contributed by atoms with Crippen LogP contribution in [0.15, 0.2) is 35.9 Å². The van der Waals surface area contributed by atoms with Gasteiger partial charge in [0.1, 0.15) is 116 Å². The molecule has 0 unspecified atom stereocenters. The van der Waals surface area contributed by atoms with Gasteiger partial charge in [-0.15, -0.1) is 0 Å². The third kappa shape index (κ3) is 15.2. The highest BCUT2D eigenvalue weighted by atomic mass is 16.8. The van der Waals surface area contributed by atoms with E-state index in [4.69, 9.17) is 71.1 Å². The van der Waals surface area contributed by atoms with Crippen LogP contribution >= 0.6 is 0 Å². The van der Waals surface area contributed by atoms with Crippen molar-refractivity contribution in [1.82, 2.24) is 0 Å². The summed E-state index contributed by atoms with van der Waals surface area (Å²) in [6, 6.07) is 4.85. The molecule has 1 aromatic carbocycles. The molecule has 0 amide bonds. The number of rotatable bonds is 21. The lowest BCUT2D eigenvalue weighted by Crippen LogP contribution is -2.71. The number of benzene rings is 1. The van der Waals surface area contributed by atoms with Crippen molar-refractivity contribution >= 4 is 24.0 Å². The highest BCUT2D eigenvalue weighted by Crippen LogP contribution is 2.76. The van der Waals surface area contributed by atoms with Crippen LogP contribution in [0.1, 0.15) is 112 Å². The number of aliphatic hydroxyl groups is 17. The Bertz CT molecular complexity index is 3470. The van der Waals surface area contributed by atoms with Crippen LogP contribution in [0.5, 0.6) is 11.5 Å². The van der Waals surface area contributed by atoms with Crippen LogP contribution in [-0.2, 0) is 76.0 Å². The first kappa shape index (κ1) is 85.9. The summed E-state index contributed by atoms with van der Waals surface area (Å²) < 4.78 is 89.3. The minimum absolute atomic E-state index is 0.0141. The lowest BCUT2D eigenvalue weighted by atomic mass is 9.33. The van der Waals surface area contributed by atoms with Gasteiger partial charge in [0.15, 0.2) is 55.2 Å². The van der Waals surface area contributed by atoms with Crippen LogP contribution in [0.4, 0.5) is 0 Å². The summed E-state index contributed by atoms with van der Waals surface area (Å²) >= 11 is 0. The molecule has 0 aromatic heterocycles. The van der Waals surface area contributed by atoms with E-state index in [9.17, 15) is 102 Å². The third-order valence-corrected chi connectivity index (χ3v) is 26.9. The Morgan fingerprint density at radius 1 is 0.532 bits per heavy atom. The van der Waals surface area contributed by atoms with Crippen molar-refractivity contribution in [2.24, 2.45) is 50.2 Å². The fourth-order valence-electron chi connectivity index (χ4n) is 20.5. The number of esters is 2. The summed E-state index contributed by atoms with van der Waals surface area (Å²) in [5.41, 5.74) is -5.24. The van der Waals surface area contributed by atoms with E-state index in [-0.39, 0.29) is 32.1 Å². The van der Waals surface area contributed by atoms with Gasteiger partial charge in [-0.25, -0.2) is 4.79 Å². The van der Waals surface area contributed by atoms with E-state index in [1.807, 2.05) is 13.0 Å². The summed E-state index contributed by atoms with van der Waals surface area (Å²) in [5.74, 6) is -4.08. The van der Waals surface area contributed by atoms with Gasteiger partial charge in [-0.1, -0.05) is 45.4 Å². The Kier molecular flexibility index (Phi) is 25.7. The smallest absolute Gasteiger partial charge is 0.331 e. The predicted octanol–water partition coefficient (Wildman–Crippen LogP) is -3.76. The zero-order valence-electron chi connectivity index (χ0n) is 63.3. The van der Waals surface area contributed by atoms with Gasteiger partial charge >= 0.3 is 17.9 Å². The second-order valence-corrected chi connectivity index (χ2v) is 33.7. The number of methoxy groups -OCH3 is 2. The molecule has 38 atom stereocenters. The van der Waals surface area contributed by atoms with Gasteiger partial charge in [-0.05, 0) is 136 Å². The van der Waals surface area contributed by atoms with Crippen molar-refractivity contribution in [3.05, 3.63) is 41.5 Å². The summed E-state index contributed by atoms with van der Waals surface area (Å²) in [7, 11) is 2.89. The predicted molar refractivity (Wildman–Crippen MR) is 370 cm³/mol. The summed E-state index contributed by atoms with van der Waals surface area (Å²) in [6.45, 7) is 9.24. The molecule has 5 aliphatic carbocycles. The monoisotopic (exact) mass is 1590 g/mol. The number of aliphatic hydroxyl groups excluding tert-OH is 17. The van der Waals surface area contributed by atoms with Gasteiger partial charge < -0.3 is 163 Å². The molecule has 36 nitrogen and oxygen atoms in total. The van der Waals surface area contributed by atoms with E-state index in [0.717, 1.165) is 11.6 Å². The average molecular weight is 1590 g/mol. The molecule has 12 rings (SSSR count). The molecule has 1 aromatic rings. The largest absolute Gasteiger partial charge is 0.493 e. The van der Waals surface area contributed by atoms with Crippen LogP contribution in [0.25, 0.3) is 6.08 Å². The number of carbonyl (C=O) groups excluding carboxylic acids is 2. The van der Waals surface area contributed by atoms with E-state index < -0.39 is 285 Å². The molecule has 6 heterocycles. The Morgan fingerprint density at radius 3 is 1.73 bits per heavy atom. The fourth-order valence-corrected chi connectivity index (χ4v) is 20.5. The molecule has 111 heavy (non-hydrogen) atoms. The molecule has 11 aliphatic rings. The number of hydrogen-bond donors (Lipinski definition) is 18. The first-order chi connectivity index (χ1) is 52.3. The minimum Gasteiger partial charge on any atom is -0.493 e. The zero-order chi connectivity index (χ0) is 80.8. The van der Waals surface area contributed by atoms with Gasteiger partial charge in [0.05, 0.1) is 76.4 Å². The highest BCUT2D eigenvalue weighted by molar-refractivity contribution is 5.87. The topological polar surface area (TPSA) is 554 Å². The first-order valence-corrected chi connectivity index (χ1v) is 38.1. The second kappa shape index (κ2) is 33.2. The lowest BCUT2D eigenvalue weighted by Gasteiger charge is -2.71. The summed E-state index contributed by atoms with van der Waals surface area (Å²) in [5, 5.41) is 201. The van der Waals surface area contributed by atoms with Crippen molar-refractivity contribution in [2.45, 2.75) is 290 Å². The van der Waals surface area contributed by atoms with Gasteiger partial charge in [0, 0.05) is 11.5 Å². The Morgan fingerprint density at radius 2 is 1.10 bits per heavy atom. The maximum Gasteiger partial charge on any atom is 0.331 e. The number of ether oxygens (including phenoxy) is 15. The lowest BCUT2D eigenvalue weighted by molar-refractivity contribution is -0.388. The number of fused-ring (bicyclic) bond motifs is 7. The van der Waals surface area contributed by atoms with Crippen LogP contribution < -0.4 is 9.47 Å². The summed E-state index contributed by atoms with van der Waals surface area (Å²) in [4.78, 5) is 43.9. The van der Waals surface area contributed by atoms with Crippen molar-refractivity contribution in [3.63, 3.8) is 0 Å². The van der Waals surface area contributed by atoms with Crippen LogP contribution in [-0.4, -0.2) is 341 Å². The molecule has 36 heteroatoms. The van der Waals surface area contributed by atoms with Crippen molar-refractivity contribution in [3.8, 4) is 11.5 Å². The SMILES string of the molecule is COc1ccc(/C=C/C(=O)O[C@@H]2[C@H](O)[C@@H](O[C@@H]3O[C@@H](C)[C@H](O[C@@H]4OC[C@@H](O[C@@H]5O[C@H](CO)[C@H](O)[C@H](O)[C@H]5O)[C@H](O[C@@H]5OC[C@H](O)[C@H](O)[C@H]5O)[C@H]4O)[C@@H](O)[C@H]3O)[C@H](OC(=O)[C@]34CCC(C)(C)C[C@H]3C3=CC[C@@H]5[C@@]6(C)C[C@H](O)[C@H](O[C@@H]7O[C@H](CO)[C@@H](O)[C@H](O)[C@H]7O)[C@@](C)(C(=O)O)[C@@H]6CC[C@@]5(C)[C@]3(CO)CC4)O[C@@H]2C)cc1OC. The standard InChI is InChI=1S/C75H112O36/c1-30-57(107-63-56(93)59(108-62-51(88)45(82)36(80)27-99-62)41(28-100-63)105-65-52(89)48(85)46(83)39(25-76)103-65)50(87)54(91)64(101-30)109-60-55(92)58(106-44(81)15-11-32-10-13-37(97-8)38(22-32)98-9)31(2)102-67(60)111-69(96)74-19-18-70(3,4)23-34(74)33-12-14-42-71(5)24-35(79)61(110-66-53(90)49(86)47(84)40(26-77)104-66)73(7,68(94)95)43(71)16-17-72(42,6)75(33,29-78)21-20-74/h10-13,15,22,30-31,34-36,39-43,45-67,76-80,82-93H,14,16-21,23-29H2,1-9H3,(H,94,95)/b15-11+/t30-,31+,34-,35-,36-,39+,40+,41+,42+,43+,45-,46-,47+,48-,49-,50-,51+,52+,53+,54+,55-,56+,57-,58-,59-,60+,61-,62-,63-,64-,65-,66-,67-,71+,72+,73-,74-,75-/m0/s1. The van der Waals surface area contributed by atoms with E-state index in [1.54, 1.807) is 18.2 Å². The van der Waals surface area contributed by atoms with Crippen molar-refractivity contribution < 1.29 is 177 Å². The molecule has 628 valence electrons. The molecular formula is C75H112O36.